The first-order chi connectivity index (χ1) is 12.8. The lowest BCUT2D eigenvalue weighted by Crippen LogP contribution is -2.32. The number of benzene rings is 2. The quantitative estimate of drug-likeness (QED) is 0.403. The molecular formula is C19H20N4O4. The Hall–Kier alpha value is -3.68. The van der Waals surface area contributed by atoms with Gasteiger partial charge in [0.2, 0.25) is 0 Å². The summed E-state index contributed by atoms with van der Waals surface area (Å²) in [6.07, 6.45) is 1.35. The van der Waals surface area contributed by atoms with Gasteiger partial charge < -0.3 is 15.8 Å². The highest BCUT2D eigenvalue weighted by Gasteiger charge is 2.13. The van der Waals surface area contributed by atoms with E-state index in [1.807, 2.05) is 19.9 Å². The van der Waals surface area contributed by atoms with E-state index in [4.69, 9.17) is 10.5 Å². The third-order valence-corrected chi connectivity index (χ3v) is 3.59. The molecule has 27 heavy (non-hydrogen) atoms. The van der Waals surface area contributed by atoms with E-state index in [1.54, 1.807) is 36.4 Å². The molecule has 0 fully saturated rings. The van der Waals surface area contributed by atoms with E-state index in [0.717, 1.165) is 11.1 Å². The van der Waals surface area contributed by atoms with Crippen molar-refractivity contribution in [2.24, 2.45) is 10.8 Å². The fraction of sp³-hybridized carbons (Fsp3) is 0.158. The smallest absolute Gasteiger partial charge is 0.329 e. The number of ether oxygens (including phenoxy) is 1. The Balaban J connectivity index is 1.90. The van der Waals surface area contributed by atoms with Gasteiger partial charge >= 0.3 is 11.8 Å². The summed E-state index contributed by atoms with van der Waals surface area (Å²) in [6, 6.07) is 12.0. The van der Waals surface area contributed by atoms with Gasteiger partial charge in [-0.1, -0.05) is 18.2 Å². The summed E-state index contributed by atoms with van der Waals surface area (Å²) in [5.41, 5.74) is 10.4. The standard InChI is InChI=1S/C19H20N4O4/c1-12-6-7-15(8-13(12)2)22-18(25)19(26)23-21-10-14-4-3-5-16(9-14)27-11-17(20)24/h3-10H,11H2,1-2H3,(H2,20,24)(H,22,25)(H,23,26)/b21-10+. The van der Waals surface area contributed by atoms with E-state index in [-0.39, 0.29) is 6.61 Å². The SMILES string of the molecule is Cc1ccc(NC(=O)C(=O)N/N=C/c2cccc(OCC(N)=O)c2)cc1C. The molecule has 0 saturated heterocycles. The van der Waals surface area contributed by atoms with E-state index in [2.05, 4.69) is 15.8 Å². The summed E-state index contributed by atoms with van der Waals surface area (Å²) in [5.74, 6) is -1.88. The molecule has 3 amide bonds. The zero-order valence-corrected chi connectivity index (χ0v) is 15.0. The fourth-order valence-electron chi connectivity index (χ4n) is 2.06. The maximum Gasteiger partial charge on any atom is 0.329 e. The molecule has 0 aliphatic rings. The van der Waals surface area contributed by atoms with Gasteiger partial charge in [-0.25, -0.2) is 5.43 Å². The number of carbonyl (C=O) groups excluding carboxylic acids is 3. The van der Waals surface area contributed by atoms with Crippen molar-refractivity contribution in [3.63, 3.8) is 0 Å². The van der Waals surface area contributed by atoms with E-state index in [0.29, 0.717) is 17.0 Å². The van der Waals surface area contributed by atoms with Crippen molar-refractivity contribution in [2.75, 3.05) is 11.9 Å². The zero-order chi connectivity index (χ0) is 19.8. The maximum absolute atomic E-state index is 11.9. The first kappa shape index (κ1) is 19.6. The van der Waals surface area contributed by atoms with E-state index >= 15 is 0 Å². The van der Waals surface area contributed by atoms with Gasteiger partial charge in [-0.15, -0.1) is 0 Å². The highest BCUT2D eigenvalue weighted by atomic mass is 16.5. The number of hydrogen-bond donors (Lipinski definition) is 3. The molecule has 140 valence electrons. The molecule has 0 heterocycles. The summed E-state index contributed by atoms with van der Waals surface area (Å²) in [6.45, 7) is 3.63. The minimum absolute atomic E-state index is 0.240. The molecule has 4 N–H and O–H groups in total. The predicted octanol–water partition coefficient (Wildman–Crippen LogP) is 1.26. The van der Waals surface area contributed by atoms with Crippen LogP contribution in [0.1, 0.15) is 16.7 Å². The molecule has 0 bridgehead atoms. The molecule has 0 spiro atoms. The van der Waals surface area contributed by atoms with Gasteiger partial charge in [-0.3, -0.25) is 14.4 Å². The molecule has 0 aliphatic heterocycles. The summed E-state index contributed by atoms with van der Waals surface area (Å²) < 4.78 is 5.17. The van der Waals surface area contributed by atoms with Crippen LogP contribution in [0.5, 0.6) is 5.75 Å². The third kappa shape index (κ3) is 6.28. The topological polar surface area (TPSA) is 123 Å². The minimum atomic E-state index is -0.898. The number of anilines is 1. The maximum atomic E-state index is 11.9. The summed E-state index contributed by atoms with van der Waals surface area (Å²) in [5, 5.41) is 6.25. The highest BCUT2D eigenvalue weighted by Crippen LogP contribution is 2.14. The number of primary amides is 1. The van der Waals surface area contributed by atoms with Crippen molar-refractivity contribution in [2.45, 2.75) is 13.8 Å². The molecule has 2 aromatic carbocycles. The van der Waals surface area contributed by atoms with Gasteiger partial charge in [0.05, 0.1) is 6.21 Å². The predicted molar refractivity (Wildman–Crippen MR) is 101 cm³/mol. The van der Waals surface area contributed by atoms with Gasteiger partial charge in [0, 0.05) is 5.69 Å². The molecule has 8 nitrogen and oxygen atoms in total. The lowest BCUT2D eigenvalue weighted by atomic mass is 10.1. The number of aryl methyl sites for hydroxylation is 2. The molecule has 0 aromatic heterocycles. The Bertz CT molecular complexity index is 893. The van der Waals surface area contributed by atoms with E-state index < -0.39 is 17.7 Å². The average Bonchev–Trinajstić information content (AvgIpc) is 2.63. The van der Waals surface area contributed by atoms with Gasteiger partial charge in [0.25, 0.3) is 5.91 Å². The largest absolute Gasteiger partial charge is 0.484 e. The monoisotopic (exact) mass is 368 g/mol. The Kier molecular flexibility index (Phi) is 6.65. The van der Waals surface area contributed by atoms with Crippen molar-refractivity contribution in [1.82, 2.24) is 5.43 Å². The van der Waals surface area contributed by atoms with Crippen LogP contribution in [0.15, 0.2) is 47.6 Å². The van der Waals surface area contributed by atoms with Crippen LogP contribution in [-0.4, -0.2) is 30.5 Å². The third-order valence-electron chi connectivity index (χ3n) is 3.59. The second-order valence-corrected chi connectivity index (χ2v) is 5.78. The number of nitrogens with one attached hydrogen (secondary N) is 2. The van der Waals surface area contributed by atoms with Gasteiger partial charge in [0.15, 0.2) is 6.61 Å². The first-order valence-corrected chi connectivity index (χ1v) is 8.08. The summed E-state index contributed by atoms with van der Waals surface area (Å²) >= 11 is 0. The highest BCUT2D eigenvalue weighted by molar-refractivity contribution is 6.39. The molecule has 2 aromatic rings. The average molecular weight is 368 g/mol. The lowest BCUT2D eigenvalue weighted by molar-refractivity contribution is -0.136. The van der Waals surface area contributed by atoms with Crippen LogP contribution < -0.4 is 21.2 Å². The molecule has 0 atom stereocenters. The number of carbonyl (C=O) groups is 3. The second kappa shape index (κ2) is 9.14. The van der Waals surface area contributed by atoms with Crippen LogP contribution in [0.25, 0.3) is 0 Å². The lowest BCUT2D eigenvalue weighted by Gasteiger charge is -2.06. The van der Waals surface area contributed by atoms with Crippen LogP contribution in [-0.2, 0) is 14.4 Å². The molecule has 0 radical (unpaired) electrons. The van der Waals surface area contributed by atoms with Crippen molar-refractivity contribution >= 4 is 29.6 Å². The van der Waals surface area contributed by atoms with Crippen molar-refractivity contribution < 1.29 is 19.1 Å². The van der Waals surface area contributed by atoms with Crippen LogP contribution in [0.4, 0.5) is 5.69 Å². The Morgan fingerprint density at radius 2 is 1.85 bits per heavy atom. The molecule has 0 saturated carbocycles. The number of hydrogen-bond acceptors (Lipinski definition) is 5. The number of rotatable bonds is 6. The minimum Gasteiger partial charge on any atom is -0.484 e. The Morgan fingerprint density at radius 3 is 2.56 bits per heavy atom. The van der Waals surface area contributed by atoms with Gasteiger partial charge in [-0.2, -0.15) is 5.10 Å². The Labute approximate surface area is 156 Å². The summed E-state index contributed by atoms with van der Waals surface area (Å²) in [4.78, 5) is 34.4. The molecule has 2 rings (SSSR count). The Morgan fingerprint density at radius 1 is 1.07 bits per heavy atom. The summed E-state index contributed by atoms with van der Waals surface area (Å²) in [7, 11) is 0. The number of nitrogens with zero attached hydrogens (tertiary/aromatic N) is 1. The molecule has 8 heteroatoms. The van der Waals surface area contributed by atoms with Crippen LogP contribution in [0.3, 0.4) is 0 Å². The molecule has 0 aliphatic carbocycles. The number of amides is 3. The van der Waals surface area contributed by atoms with Crippen molar-refractivity contribution in [1.29, 1.82) is 0 Å². The van der Waals surface area contributed by atoms with Crippen LogP contribution >= 0.6 is 0 Å². The van der Waals surface area contributed by atoms with Crippen molar-refractivity contribution in [3.8, 4) is 5.75 Å². The van der Waals surface area contributed by atoms with Crippen molar-refractivity contribution in [3.05, 3.63) is 59.2 Å². The molecule has 0 unspecified atom stereocenters. The van der Waals surface area contributed by atoms with Gasteiger partial charge in [0.1, 0.15) is 5.75 Å². The fourth-order valence-corrected chi connectivity index (χ4v) is 2.06. The van der Waals surface area contributed by atoms with Crippen LogP contribution in [0.2, 0.25) is 0 Å². The molecular weight excluding hydrogens is 348 g/mol. The number of nitrogens with two attached hydrogens (primary N) is 1. The van der Waals surface area contributed by atoms with Crippen LogP contribution in [0, 0.1) is 13.8 Å². The van der Waals surface area contributed by atoms with E-state index in [1.165, 1.54) is 6.21 Å². The second-order valence-electron chi connectivity index (χ2n) is 5.78. The first-order valence-electron chi connectivity index (χ1n) is 8.08. The number of hydrazone groups is 1. The van der Waals surface area contributed by atoms with E-state index in [9.17, 15) is 14.4 Å². The van der Waals surface area contributed by atoms with Gasteiger partial charge in [-0.05, 0) is 54.8 Å². The zero-order valence-electron chi connectivity index (χ0n) is 15.0. The normalized spacial score (nSPS) is 10.4.